The van der Waals surface area contributed by atoms with E-state index in [1.54, 1.807) is 0 Å². The fraction of sp³-hybridized carbons (Fsp3) is 0.333. The molecule has 0 amide bonds. The second-order valence-electron chi connectivity index (χ2n) is 6.10. The third-order valence-electron chi connectivity index (χ3n) is 4.21. The second kappa shape index (κ2) is 7.89. The van der Waals surface area contributed by atoms with Crippen LogP contribution in [-0.4, -0.2) is 18.3 Å². The Kier molecular flexibility index (Phi) is 6.51. The predicted molar refractivity (Wildman–Crippen MR) is 92.6 cm³/mol. The van der Waals surface area contributed by atoms with Crippen molar-refractivity contribution >= 4 is 27.5 Å². The highest BCUT2D eigenvalue weighted by Gasteiger charge is 2.82. The molecule has 0 spiro atoms. The minimum atomic E-state index is -6.92. The van der Waals surface area contributed by atoms with Crippen LogP contribution in [0.25, 0.3) is 11.1 Å². The van der Waals surface area contributed by atoms with Crippen LogP contribution in [0.3, 0.4) is 0 Å². The topological polar surface area (TPSA) is 0 Å². The van der Waals surface area contributed by atoms with Crippen molar-refractivity contribution in [2.75, 3.05) is 0 Å². The highest BCUT2D eigenvalue weighted by molar-refractivity contribution is 9.10. The normalized spacial score (nSPS) is 15.2. The van der Waals surface area contributed by atoms with Crippen LogP contribution in [0.1, 0.15) is 18.1 Å². The molecular weight excluding hydrogens is 522 g/mol. The minimum Gasteiger partial charge on any atom is -0.221 e. The number of alkyl halides is 9. The van der Waals surface area contributed by atoms with Crippen molar-refractivity contribution in [3.8, 4) is 11.1 Å². The Morgan fingerprint density at radius 1 is 0.933 bits per heavy atom. The Hall–Kier alpha value is -1.49. The van der Waals surface area contributed by atoms with Crippen LogP contribution >= 0.6 is 27.5 Å². The molecule has 12 heteroatoms. The maximum absolute atomic E-state index is 15.2. The summed E-state index contributed by atoms with van der Waals surface area (Å²) in [5, 5.41) is -0.289. The highest BCUT2D eigenvalue weighted by Crippen LogP contribution is 2.60. The molecule has 0 saturated carbocycles. The van der Waals surface area contributed by atoms with Crippen molar-refractivity contribution in [1.82, 2.24) is 0 Å². The van der Waals surface area contributed by atoms with E-state index in [0.717, 1.165) is 6.07 Å². The van der Waals surface area contributed by atoms with E-state index in [2.05, 4.69) is 22.0 Å². The van der Waals surface area contributed by atoms with Crippen LogP contribution < -0.4 is 0 Å². The molecule has 0 fully saturated rings. The summed E-state index contributed by atoms with van der Waals surface area (Å²) >= 11 is 8.35. The number of hydrogen-bond acceptors (Lipinski definition) is 0. The van der Waals surface area contributed by atoms with Crippen LogP contribution in [0.5, 0.6) is 0 Å². The van der Waals surface area contributed by atoms with Gasteiger partial charge in [-0.3, -0.25) is 0 Å². The molecule has 0 saturated heterocycles. The highest BCUT2D eigenvalue weighted by atomic mass is 79.9. The van der Waals surface area contributed by atoms with E-state index in [9.17, 15) is 39.5 Å². The molecule has 1 radical (unpaired) electrons. The fourth-order valence-electron chi connectivity index (χ4n) is 2.71. The molecule has 0 aliphatic carbocycles. The zero-order chi connectivity index (χ0) is 23.3. The first kappa shape index (κ1) is 24.8. The Morgan fingerprint density at radius 2 is 1.50 bits per heavy atom. The lowest BCUT2D eigenvalue weighted by molar-refractivity contribution is -0.389. The fourth-order valence-corrected chi connectivity index (χ4v) is 3.57. The van der Waals surface area contributed by atoms with Gasteiger partial charge in [-0.25, -0.2) is 8.78 Å². The Morgan fingerprint density at radius 3 is 1.97 bits per heavy atom. The lowest BCUT2D eigenvalue weighted by atomic mass is 9.81. The third kappa shape index (κ3) is 3.90. The molecule has 0 aliphatic heterocycles. The van der Waals surface area contributed by atoms with Crippen LogP contribution in [0.2, 0.25) is 5.02 Å². The average molecular weight is 531 g/mol. The second-order valence-corrected chi connectivity index (χ2v) is 7.33. The zero-order valence-corrected chi connectivity index (χ0v) is 16.9. The van der Waals surface area contributed by atoms with Crippen LogP contribution in [-0.2, 0) is 12.1 Å². The van der Waals surface area contributed by atoms with Crippen molar-refractivity contribution in [1.29, 1.82) is 0 Å². The molecule has 0 N–H and O–H groups in total. The summed E-state index contributed by atoms with van der Waals surface area (Å²) in [5.41, 5.74) is -10.8. The molecule has 1 unspecified atom stereocenters. The van der Waals surface area contributed by atoms with Crippen molar-refractivity contribution in [2.24, 2.45) is 0 Å². The van der Waals surface area contributed by atoms with Gasteiger partial charge in [0.2, 0.25) is 0 Å². The summed E-state index contributed by atoms with van der Waals surface area (Å²) in [4.78, 5) is 0. The summed E-state index contributed by atoms with van der Waals surface area (Å²) in [5.74, 6) is -8.24. The molecule has 2 aromatic carbocycles. The lowest BCUT2D eigenvalue weighted by Crippen LogP contribution is -2.60. The predicted octanol–water partition coefficient (Wildman–Crippen LogP) is 8.20. The van der Waals surface area contributed by atoms with Crippen LogP contribution in [0, 0.1) is 11.9 Å². The van der Waals surface area contributed by atoms with Gasteiger partial charge in [0, 0.05) is 32.3 Å². The molecule has 2 aromatic rings. The molecule has 1 atom stereocenters. The molecule has 0 aromatic heterocycles. The Balaban J connectivity index is 3.09. The van der Waals surface area contributed by atoms with Gasteiger partial charge < -0.3 is 0 Å². The first-order valence-corrected chi connectivity index (χ1v) is 9.06. The van der Waals surface area contributed by atoms with Gasteiger partial charge in [0.15, 0.2) is 0 Å². The average Bonchev–Trinajstić information content (AvgIpc) is 2.60. The van der Waals surface area contributed by atoms with Crippen molar-refractivity contribution in [3.63, 3.8) is 0 Å². The van der Waals surface area contributed by atoms with E-state index in [-0.39, 0.29) is 23.1 Å². The molecule has 165 valence electrons. The third-order valence-corrected chi connectivity index (χ3v) is 5.04. The van der Waals surface area contributed by atoms with Gasteiger partial charge in [-0.15, -0.1) is 0 Å². The van der Waals surface area contributed by atoms with Gasteiger partial charge in [0.05, 0.1) is 0 Å². The number of halogens is 12. The monoisotopic (exact) mass is 529 g/mol. The first-order chi connectivity index (χ1) is 13.5. The van der Waals surface area contributed by atoms with E-state index in [1.165, 1.54) is 6.92 Å². The minimum absolute atomic E-state index is 0.160. The molecule has 2 rings (SSSR count). The quantitative estimate of drug-likeness (QED) is 0.350. The summed E-state index contributed by atoms with van der Waals surface area (Å²) in [6, 6.07) is 4.79. The van der Waals surface area contributed by atoms with Gasteiger partial charge in [0.1, 0.15) is 5.82 Å². The molecular formula is C18H9BrClF10. The van der Waals surface area contributed by atoms with Crippen molar-refractivity contribution < 1.29 is 43.9 Å². The van der Waals surface area contributed by atoms with E-state index in [0.29, 0.717) is 12.1 Å². The number of aryl methyl sites for hydroxylation is 1. The first-order valence-electron chi connectivity index (χ1n) is 7.89. The van der Waals surface area contributed by atoms with Crippen molar-refractivity contribution in [2.45, 2.75) is 37.3 Å². The molecule has 0 bridgehead atoms. The van der Waals surface area contributed by atoms with Crippen LogP contribution in [0.4, 0.5) is 43.9 Å². The summed E-state index contributed by atoms with van der Waals surface area (Å²) in [7, 11) is 0. The number of hydrogen-bond donors (Lipinski definition) is 0. The van der Waals surface area contributed by atoms with Gasteiger partial charge >= 0.3 is 23.9 Å². The Labute approximate surface area is 177 Å². The summed E-state index contributed by atoms with van der Waals surface area (Å²) < 4.78 is 136. The van der Waals surface area contributed by atoms with E-state index < -0.39 is 50.9 Å². The molecule has 0 nitrogen and oxygen atoms in total. The molecule has 0 aliphatic rings. The maximum Gasteiger partial charge on any atom is 0.457 e. The Bertz CT molecular complexity index is 951. The van der Waals surface area contributed by atoms with E-state index in [1.807, 2.05) is 0 Å². The van der Waals surface area contributed by atoms with Gasteiger partial charge in [-0.2, -0.15) is 35.1 Å². The zero-order valence-electron chi connectivity index (χ0n) is 14.6. The molecule has 30 heavy (non-hydrogen) atoms. The standard InChI is InChI=1S/C18H9BrClF10/c1-2-8-5-11(15(22,17(25,26)27)16(23,24)18(28,29)30)14(12(19)6-8)10-7-9(20)3-4-13(10)21/h3-5,7H,2H2,1H3. The maximum atomic E-state index is 15.2. The summed E-state index contributed by atoms with van der Waals surface area (Å²) in [6.07, 6.45) is -13.9. The van der Waals surface area contributed by atoms with Crippen LogP contribution in [0.15, 0.2) is 28.7 Å². The number of rotatable bonds is 4. The lowest BCUT2D eigenvalue weighted by Gasteiger charge is -2.37. The molecule has 0 heterocycles. The van der Waals surface area contributed by atoms with Gasteiger partial charge in [-0.05, 0) is 46.1 Å². The van der Waals surface area contributed by atoms with Crippen molar-refractivity contribution in [3.05, 3.63) is 56.8 Å². The largest absolute Gasteiger partial charge is 0.457 e. The van der Waals surface area contributed by atoms with Gasteiger partial charge in [-0.1, -0.05) is 24.6 Å². The van der Waals surface area contributed by atoms with Gasteiger partial charge in [0.25, 0.3) is 0 Å². The summed E-state index contributed by atoms with van der Waals surface area (Å²) in [6.45, 7) is 1.32. The smallest absolute Gasteiger partial charge is 0.221 e. The van der Waals surface area contributed by atoms with E-state index in [4.69, 9.17) is 11.6 Å². The van der Waals surface area contributed by atoms with E-state index >= 15 is 4.39 Å². The number of benzene rings is 2. The SMILES string of the molecule is CCc1[c]c(Br)c(-c2cc(Cl)ccc2F)c(C(F)(C(F)(F)F)C(F)(F)C(F)(F)F)c1.